The van der Waals surface area contributed by atoms with Crippen molar-refractivity contribution in [1.29, 1.82) is 0 Å². The number of carbonyl (C=O) groups is 3. The van der Waals surface area contributed by atoms with E-state index in [1.807, 2.05) is 13.8 Å². The summed E-state index contributed by atoms with van der Waals surface area (Å²) in [7, 11) is 1.50. The summed E-state index contributed by atoms with van der Waals surface area (Å²) in [5.41, 5.74) is 1.72. The number of hydrogen-bond donors (Lipinski definition) is 1. The molecule has 1 saturated heterocycles. The van der Waals surface area contributed by atoms with Gasteiger partial charge in [0.25, 0.3) is 11.8 Å². The summed E-state index contributed by atoms with van der Waals surface area (Å²) in [6.07, 6.45) is 1.41. The van der Waals surface area contributed by atoms with Crippen LogP contribution in [0.5, 0.6) is 11.5 Å². The van der Waals surface area contributed by atoms with Crippen LogP contribution in [-0.2, 0) is 9.59 Å². The number of imide groups is 2. The zero-order valence-electron chi connectivity index (χ0n) is 16.1. The first-order valence-corrected chi connectivity index (χ1v) is 9.63. The standard InChI is InChI=1S/C21H19BrN2O5/c1-4-29-18-11-16(22)13(10-17(18)28-3)9-15-19(25)23-21(27)24(20(15)26)14-7-5-12(2)6-8-14/h5-11H,4H2,1-3H3,(H,23,25,27)/b15-9+. The number of urea groups is 1. The molecule has 2 aromatic carbocycles. The molecule has 1 aliphatic rings. The molecule has 29 heavy (non-hydrogen) atoms. The smallest absolute Gasteiger partial charge is 0.335 e. The second-order valence-electron chi connectivity index (χ2n) is 6.25. The highest BCUT2D eigenvalue weighted by atomic mass is 79.9. The lowest BCUT2D eigenvalue weighted by atomic mass is 10.1. The molecule has 1 heterocycles. The maximum atomic E-state index is 13.0. The van der Waals surface area contributed by atoms with Crippen LogP contribution in [0, 0.1) is 6.92 Å². The second kappa shape index (κ2) is 8.48. The van der Waals surface area contributed by atoms with Gasteiger partial charge in [-0.15, -0.1) is 0 Å². The van der Waals surface area contributed by atoms with E-state index in [4.69, 9.17) is 9.47 Å². The van der Waals surface area contributed by atoms with Gasteiger partial charge in [-0.1, -0.05) is 33.6 Å². The van der Waals surface area contributed by atoms with E-state index in [9.17, 15) is 14.4 Å². The Morgan fingerprint density at radius 1 is 1.10 bits per heavy atom. The van der Waals surface area contributed by atoms with E-state index in [2.05, 4.69) is 21.2 Å². The van der Waals surface area contributed by atoms with Gasteiger partial charge in [-0.3, -0.25) is 14.9 Å². The van der Waals surface area contributed by atoms with E-state index in [1.54, 1.807) is 36.4 Å². The van der Waals surface area contributed by atoms with Gasteiger partial charge in [-0.2, -0.15) is 0 Å². The average Bonchev–Trinajstić information content (AvgIpc) is 2.68. The Balaban J connectivity index is 2.03. The van der Waals surface area contributed by atoms with Crippen molar-refractivity contribution in [2.45, 2.75) is 13.8 Å². The van der Waals surface area contributed by atoms with Crippen LogP contribution in [0.2, 0.25) is 0 Å². The van der Waals surface area contributed by atoms with Crippen LogP contribution in [-0.4, -0.2) is 31.6 Å². The first-order chi connectivity index (χ1) is 13.8. The van der Waals surface area contributed by atoms with Crippen molar-refractivity contribution in [2.75, 3.05) is 18.6 Å². The minimum absolute atomic E-state index is 0.169. The molecule has 150 valence electrons. The summed E-state index contributed by atoms with van der Waals surface area (Å²) in [5.74, 6) is -0.484. The van der Waals surface area contributed by atoms with Crippen molar-refractivity contribution >= 4 is 45.5 Å². The van der Waals surface area contributed by atoms with Crippen molar-refractivity contribution < 1.29 is 23.9 Å². The van der Waals surface area contributed by atoms with E-state index in [-0.39, 0.29) is 5.57 Å². The number of ether oxygens (including phenoxy) is 2. The summed E-state index contributed by atoms with van der Waals surface area (Å²) in [4.78, 5) is 38.6. The zero-order chi connectivity index (χ0) is 21.1. The minimum Gasteiger partial charge on any atom is -0.493 e. The predicted octanol–water partition coefficient (Wildman–Crippen LogP) is 3.83. The van der Waals surface area contributed by atoms with Crippen molar-refractivity contribution in [2.24, 2.45) is 0 Å². The molecule has 1 N–H and O–H groups in total. The molecule has 0 bridgehead atoms. The Kier molecular flexibility index (Phi) is 6.03. The van der Waals surface area contributed by atoms with Crippen LogP contribution >= 0.6 is 15.9 Å². The molecule has 0 spiro atoms. The van der Waals surface area contributed by atoms with E-state index in [1.165, 1.54) is 13.2 Å². The van der Waals surface area contributed by atoms with Crippen LogP contribution in [0.25, 0.3) is 6.08 Å². The number of benzene rings is 2. The van der Waals surface area contributed by atoms with Crippen LogP contribution in [0.15, 0.2) is 46.4 Å². The second-order valence-corrected chi connectivity index (χ2v) is 7.11. The summed E-state index contributed by atoms with van der Waals surface area (Å²) in [6, 6.07) is 9.42. The third-order valence-electron chi connectivity index (χ3n) is 4.28. The monoisotopic (exact) mass is 458 g/mol. The van der Waals surface area contributed by atoms with Gasteiger partial charge in [0.15, 0.2) is 11.5 Å². The molecule has 1 fully saturated rings. The van der Waals surface area contributed by atoms with Gasteiger partial charge in [0.05, 0.1) is 19.4 Å². The molecule has 7 nitrogen and oxygen atoms in total. The number of rotatable bonds is 5. The summed E-state index contributed by atoms with van der Waals surface area (Å²) in [5, 5.41) is 2.21. The number of methoxy groups -OCH3 is 1. The number of nitrogens with zero attached hydrogens (tertiary/aromatic N) is 1. The van der Waals surface area contributed by atoms with Crippen LogP contribution in [0.1, 0.15) is 18.1 Å². The quantitative estimate of drug-likeness (QED) is 0.543. The number of carbonyl (C=O) groups excluding carboxylic acids is 3. The molecule has 4 amide bonds. The van der Waals surface area contributed by atoms with Gasteiger partial charge in [-0.05, 0) is 49.8 Å². The van der Waals surface area contributed by atoms with Gasteiger partial charge in [0, 0.05) is 4.47 Å². The van der Waals surface area contributed by atoms with Crippen LogP contribution in [0.4, 0.5) is 10.5 Å². The third kappa shape index (κ3) is 4.17. The fourth-order valence-corrected chi connectivity index (χ4v) is 3.27. The number of amides is 4. The number of nitrogens with one attached hydrogen (secondary N) is 1. The molecule has 1 aliphatic heterocycles. The molecule has 3 rings (SSSR count). The number of halogens is 1. The van der Waals surface area contributed by atoms with Crippen LogP contribution < -0.4 is 19.7 Å². The van der Waals surface area contributed by atoms with E-state index < -0.39 is 17.8 Å². The minimum atomic E-state index is -0.788. The SMILES string of the molecule is CCOc1cc(Br)c(/C=C2\C(=O)NC(=O)N(c3ccc(C)cc3)C2=O)cc1OC. The first-order valence-electron chi connectivity index (χ1n) is 8.84. The Morgan fingerprint density at radius 3 is 2.41 bits per heavy atom. The Labute approximate surface area is 176 Å². The predicted molar refractivity (Wildman–Crippen MR) is 112 cm³/mol. The molecule has 0 aromatic heterocycles. The highest BCUT2D eigenvalue weighted by Crippen LogP contribution is 2.35. The molecule has 0 saturated carbocycles. The normalized spacial score (nSPS) is 15.5. The number of barbiturate groups is 1. The van der Waals surface area contributed by atoms with Crippen molar-refractivity contribution in [3.63, 3.8) is 0 Å². The molecule has 0 radical (unpaired) electrons. The molecule has 8 heteroatoms. The molecule has 2 aromatic rings. The third-order valence-corrected chi connectivity index (χ3v) is 4.96. The Hall–Kier alpha value is -3.13. The maximum absolute atomic E-state index is 13.0. The lowest BCUT2D eigenvalue weighted by molar-refractivity contribution is -0.122. The molecule has 0 unspecified atom stereocenters. The van der Waals surface area contributed by atoms with Gasteiger partial charge in [0.2, 0.25) is 0 Å². The first kappa shape index (κ1) is 20.6. The van der Waals surface area contributed by atoms with Gasteiger partial charge in [-0.25, -0.2) is 9.69 Å². The lowest BCUT2D eigenvalue weighted by Gasteiger charge is -2.26. The molecule has 0 atom stereocenters. The highest BCUT2D eigenvalue weighted by molar-refractivity contribution is 9.10. The van der Waals surface area contributed by atoms with Crippen molar-refractivity contribution in [3.8, 4) is 11.5 Å². The topological polar surface area (TPSA) is 84.9 Å². The number of hydrogen-bond acceptors (Lipinski definition) is 5. The van der Waals surface area contributed by atoms with E-state index in [0.29, 0.717) is 33.8 Å². The fraction of sp³-hybridized carbons (Fsp3) is 0.190. The molecular weight excluding hydrogens is 440 g/mol. The highest BCUT2D eigenvalue weighted by Gasteiger charge is 2.36. The van der Waals surface area contributed by atoms with E-state index in [0.717, 1.165) is 10.5 Å². The van der Waals surface area contributed by atoms with Crippen LogP contribution in [0.3, 0.4) is 0 Å². The van der Waals surface area contributed by atoms with Gasteiger partial charge in [0.1, 0.15) is 5.57 Å². The van der Waals surface area contributed by atoms with Crippen molar-refractivity contribution in [3.05, 3.63) is 57.6 Å². The maximum Gasteiger partial charge on any atom is 0.335 e. The zero-order valence-corrected chi connectivity index (χ0v) is 17.7. The number of aryl methyl sites for hydroxylation is 1. The van der Waals surface area contributed by atoms with Gasteiger partial charge >= 0.3 is 6.03 Å². The molecule has 0 aliphatic carbocycles. The largest absolute Gasteiger partial charge is 0.493 e. The Bertz CT molecular complexity index is 1010. The number of anilines is 1. The fourth-order valence-electron chi connectivity index (χ4n) is 2.83. The average molecular weight is 459 g/mol. The summed E-state index contributed by atoms with van der Waals surface area (Å²) >= 11 is 3.42. The lowest BCUT2D eigenvalue weighted by Crippen LogP contribution is -2.54. The van der Waals surface area contributed by atoms with E-state index >= 15 is 0 Å². The van der Waals surface area contributed by atoms with Crippen molar-refractivity contribution in [1.82, 2.24) is 5.32 Å². The summed E-state index contributed by atoms with van der Waals surface area (Å²) in [6.45, 7) is 4.20. The molecular formula is C21H19BrN2O5. The van der Waals surface area contributed by atoms with Gasteiger partial charge < -0.3 is 9.47 Å². The Morgan fingerprint density at radius 2 is 1.79 bits per heavy atom. The summed E-state index contributed by atoms with van der Waals surface area (Å²) < 4.78 is 11.5.